The van der Waals surface area contributed by atoms with E-state index in [9.17, 15) is 4.79 Å². The summed E-state index contributed by atoms with van der Waals surface area (Å²) in [5.74, 6) is -0.401. The third-order valence-corrected chi connectivity index (χ3v) is 3.04. The molecule has 4 N–H and O–H groups in total. The van der Waals surface area contributed by atoms with Crippen molar-refractivity contribution in [3.05, 3.63) is 0 Å². The van der Waals surface area contributed by atoms with Crippen molar-refractivity contribution in [3.8, 4) is 0 Å². The van der Waals surface area contributed by atoms with Crippen LogP contribution in [0, 0.1) is 0 Å². The van der Waals surface area contributed by atoms with E-state index in [0.29, 0.717) is 12.6 Å². The Balaban J connectivity index is 2.41. The van der Waals surface area contributed by atoms with E-state index in [2.05, 4.69) is 11.8 Å². The summed E-state index contributed by atoms with van der Waals surface area (Å²) in [5, 5.41) is 0. The van der Waals surface area contributed by atoms with Gasteiger partial charge in [-0.25, -0.2) is 0 Å². The Morgan fingerprint density at radius 1 is 1.50 bits per heavy atom. The number of nitrogens with zero attached hydrogens (tertiary/aromatic N) is 1. The molecule has 82 valence electrons. The minimum Gasteiger partial charge on any atom is -0.368 e. The number of hydrogen-bond acceptors (Lipinski definition) is 3. The van der Waals surface area contributed by atoms with Crippen molar-refractivity contribution in [2.24, 2.45) is 11.5 Å². The van der Waals surface area contributed by atoms with Gasteiger partial charge in [0.25, 0.3) is 0 Å². The van der Waals surface area contributed by atoms with Gasteiger partial charge in [-0.15, -0.1) is 0 Å². The average Bonchev–Trinajstić information content (AvgIpc) is 2.66. The molecular formula is C10H21N3O. The molecule has 14 heavy (non-hydrogen) atoms. The van der Waals surface area contributed by atoms with E-state index in [1.807, 2.05) is 0 Å². The third kappa shape index (κ3) is 2.96. The van der Waals surface area contributed by atoms with Gasteiger partial charge in [0.15, 0.2) is 0 Å². The molecule has 1 atom stereocenters. The zero-order chi connectivity index (χ0) is 10.6. The van der Waals surface area contributed by atoms with Crippen LogP contribution in [0.4, 0.5) is 0 Å². The number of rotatable bonds is 5. The summed E-state index contributed by atoms with van der Waals surface area (Å²) in [7, 11) is 0. The molecule has 1 rings (SSSR count). The van der Waals surface area contributed by atoms with Gasteiger partial charge in [0, 0.05) is 12.6 Å². The Kier molecular flexibility index (Phi) is 4.35. The summed E-state index contributed by atoms with van der Waals surface area (Å²) in [6, 6.07) is 0.0981. The normalized spacial score (nSPS) is 20.2. The summed E-state index contributed by atoms with van der Waals surface area (Å²) in [6.07, 6.45) is 5.07. The maximum Gasteiger partial charge on any atom is 0.235 e. The Hall–Kier alpha value is -0.610. The molecule has 0 aromatic heterocycles. The lowest BCUT2D eigenvalue weighted by Gasteiger charge is -2.28. The molecule has 0 spiro atoms. The fraction of sp³-hybridized carbons (Fsp3) is 0.900. The molecule has 0 aliphatic heterocycles. The van der Waals surface area contributed by atoms with Gasteiger partial charge < -0.3 is 11.5 Å². The lowest BCUT2D eigenvalue weighted by molar-refractivity contribution is -0.119. The number of carbonyl (C=O) groups excluding carboxylic acids is 1. The predicted molar refractivity (Wildman–Crippen MR) is 56.7 cm³/mol. The molecule has 4 nitrogen and oxygen atoms in total. The van der Waals surface area contributed by atoms with Gasteiger partial charge in [-0.2, -0.15) is 0 Å². The molecule has 1 unspecified atom stereocenters. The van der Waals surface area contributed by atoms with Crippen molar-refractivity contribution in [1.82, 2.24) is 4.90 Å². The van der Waals surface area contributed by atoms with Crippen LogP contribution in [0.25, 0.3) is 0 Å². The van der Waals surface area contributed by atoms with E-state index < -0.39 is 11.9 Å². The first-order chi connectivity index (χ1) is 6.65. The zero-order valence-corrected chi connectivity index (χ0v) is 8.91. The van der Waals surface area contributed by atoms with Gasteiger partial charge in [0.05, 0.1) is 6.04 Å². The topological polar surface area (TPSA) is 72.3 Å². The van der Waals surface area contributed by atoms with Crippen molar-refractivity contribution in [1.29, 1.82) is 0 Å². The van der Waals surface area contributed by atoms with E-state index >= 15 is 0 Å². The third-order valence-electron chi connectivity index (χ3n) is 3.04. The lowest BCUT2D eigenvalue weighted by atomic mass is 10.2. The fourth-order valence-electron chi connectivity index (χ4n) is 2.15. The number of nitrogens with two attached hydrogens (primary N) is 2. The highest BCUT2D eigenvalue weighted by Gasteiger charge is 2.23. The molecule has 0 saturated heterocycles. The van der Waals surface area contributed by atoms with Crippen LogP contribution in [0.1, 0.15) is 32.6 Å². The van der Waals surface area contributed by atoms with E-state index in [1.54, 1.807) is 0 Å². The van der Waals surface area contributed by atoms with Crippen LogP contribution < -0.4 is 11.5 Å². The average molecular weight is 199 g/mol. The molecule has 1 aliphatic rings. The van der Waals surface area contributed by atoms with Crippen LogP contribution in [-0.2, 0) is 4.79 Å². The van der Waals surface area contributed by atoms with Crippen LogP contribution in [0.2, 0.25) is 0 Å². The highest BCUT2D eigenvalue weighted by atomic mass is 16.1. The number of primary amides is 1. The largest absolute Gasteiger partial charge is 0.368 e. The molecule has 0 radical (unpaired) electrons. The molecule has 0 bridgehead atoms. The van der Waals surface area contributed by atoms with Crippen LogP contribution in [0.15, 0.2) is 0 Å². The van der Waals surface area contributed by atoms with E-state index in [4.69, 9.17) is 11.5 Å². The Morgan fingerprint density at radius 3 is 2.50 bits per heavy atom. The summed E-state index contributed by atoms with van der Waals surface area (Å²) in [4.78, 5) is 13.1. The van der Waals surface area contributed by atoms with Gasteiger partial charge in [-0.05, 0) is 19.4 Å². The molecule has 1 fully saturated rings. The molecule has 4 heteroatoms. The first-order valence-electron chi connectivity index (χ1n) is 5.44. The number of likely N-dealkylation sites (N-methyl/N-ethyl adjacent to an activating group) is 1. The van der Waals surface area contributed by atoms with Gasteiger partial charge in [0.2, 0.25) is 5.91 Å². The fourth-order valence-corrected chi connectivity index (χ4v) is 2.15. The highest BCUT2D eigenvalue weighted by Crippen LogP contribution is 2.23. The summed E-state index contributed by atoms with van der Waals surface area (Å²) < 4.78 is 0. The number of carbonyl (C=O) groups is 1. The second kappa shape index (κ2) is 5.32. The van der Waals surface area contributed by atoms with E-state index in [0.717, 1.165) is 6.54 Å². The van der Waals surface area contributed by atoms with Crippen molar-refractivity contribution >= 4 is 5.91 Å². The predicted octanol–water partition coefficient (Wildman–Crippen LogP) is 0.0635. The molecule has 1 aliphatic carbocycles. The van der Waals surface area contributed by atoms with Crippen LogP contribution in [0.5, 0.6) is 0 Å². The van der Waals surface area contributed by atoms with Crippen molar-refractivity contribution < 1.29 is 4.79 Å². The first kappa shape index (κ1) is 11.5. The first-order valence-corrected chi connectivity index (χ1v) is 5.44. The minimum absolute atomic E-state index is 0.401. The van der Waals surface area contributed by atoms with Crippen molar-refractivity contribution in [3.63, 3.8) is 0 Å². The van der Waals surface area contributed by atoms with E-state index in [1.165, 1.54) is 25.7 Å². The summed E-state index contributed by atoms with van der Waals surface area (Å²) in [5.41, 5.74) is 10.8. The quantitative estimate of drug-likeness (QED) is 0.658. The standard InChI is InChI=1S/C10H21N3O/c1-2-13(7-9(11)10(12)14)8-5-3-4-6-8/h8-9H,2-7,11H2,1H3,(H2,12,14). The SMILES string of the molecule is CCN(CC(N)C(N)=O)C1CCCC1. The zero-order valence-electron chi connectivity index (χ0n) is 8.91. The van der Waals surface area contributed by atoms with Crippen LogP contribution >= 0.6 is 0 Å². The number of amides is 1. The van der Waals surface area contributed by atoms with Crippen molar-refractivity contribution in [2.45, 2.75) is 44.7 Å². The van der Waals surface area contributed by atoms with Gasteiger partial charge >= 0.3 is 0 Å². The Bertz CT molecular complexity index is 190. The molecule has 1 amide bonds. The molecular weight excluding hydrogens is 178 g/mol. The second-order valence-electron chi connectivity index (χ2n) is 4.03. The molecule has 0 aromatic carbocycles. The van der Waals surface area contributed by atoms with Gasteiger partial charge in [-0.3, -0.25) is 9.69 Å². The summed E-state index contributed by atoms with van der Waals surface area (Å²) in [6.45, 7) is 3.66. The Morgan fingerprint density at radius 2 is 2.07 bits per heavy atom. The van der Waals surface area contributed by atoms with E-state index in [-0.39, 0.29) is 0 Å². The van der Waals surface area contributed by atoms with Crippen LogP contribution in [-0.4, -0.2) is 36.0 Å². The second-order valence-corrected chi connectivity index (χ2v) is 4.03. The monoisotopic (exact) mass is 199 g/mol. The molecule has 0 aromatic rings. The molecule has 0 heterocycles. The highest BCUT2D eigenvalue weighted by molar-refractivity contribution is 5.79. The Labute approximate surface area is 85.6 Å². The van der Waals surface area contributed by atoms with Gasteiger partial charge in [0.1, 0.15) is 0 Å². The number of hydrogen-bond donors (Lipinski definition) is 2. The van der Waals surface area contributed by atoms with Crippen LogP contribution in [0.3, 0.4) is 0 Å². The lowest BCUT2D eigenvalue weighted by Crippen LogP contribution is -2.48. The minimum atomic E-state index is -0.518. The summed E-state index contributed by atoms with van der Waals surface area (Å²) >= 11 is 0. The maximum absolute atomic E-state index is 10.8. The maximum atomic E-state index is 10.8. The van der Waals surface area contributed by atoms with Gasteiger partial charge in [-0.1, -0.05) is 19.8 Å². The molecule has 1 saturated carbocycles. The smallest absolute Gasteiger partial charge is 0.235 e. The van der Waals surface area contributed by atoms with Crippen molar-refractivity contribution in [2.75, 3.05) is 13.1 Å².